The van der Waals surface area contributed by atoms with Crippen molar-refractivity contribution >= 4 is 29.3 Å². The van der Waals surface area contributed by atoms with Gasteiger partial charge in [0.15, 0.2) is 11.2 Å². The molecule has 1 amide bonds. The van der Waals surface area contributed by atoms with Crippen molar-refractivity contribution in [1.82, 2.24) is 10.2 Å². The van der Waals surface area contributed by atoms with Crippen LogP contribution < -0.4 is 10.7 Å². The molecule has 1 saturated heterocycles. The Labute approximate surface area is 188 Å². The number of amides is 1. The van der Waals surface area contributed by atoms with E-state index in [1.807, 2.05) is 45.0 Å². The summed E-state index contributed by atoms with van der Waals surface area (Å²) in [5, 5.41) is 3.44. The Bertz CT molecular complexity index is 1130. The summed E-state index contributed by atoms with van der Waals surface area (Å²) in [5.41, 5.74) is 2.26. The number of benzene rings is 1. The summed E-state index contributed by atoms with van der Waals surface area (Å²) in [6, 6.07) is 8.77. The number of piperidine rings is 1. The molecule has 166 valence electrons. The van der Waals surface area contributed by atoms with E-state index < -0.39 is 5.91 Å². The van der Waals surface area contributed by atoms with Crippen molar-refractivity contribution in [3.05, 3.63) is 69.0 Å². The van der Waals surface area contributed by atoms with Crippen LogP contribution in [0, 0.1) is 20.8 Å². The van der Waals surface area contributed by atoms with E-state index in [-0.39, 0.29) is 29.6 Å². The van der Waals surface area contributed by atoms with Crippen molar-refractivity contribution < 1.29 is 13.6 Å². The molecule has 4 rings (SSSR count). The quantitative estimate of drug-likeness (QED) is 0.617. The number of aryl methyl sites for hydroxylation is 3. The molecule has 0 bridgehead atoms. The first-order valence-corrected chi connectivity index (χ1v) is 10.6. The largest absolute Gasteiger partial charge is 0.465 e. The highest BCUT2D eigenvalue weighted by atomic mass is 35.5. The first-order valence-electron chi connectivity index (χ1n) is 10.6. The maximum atomic E-state index is 12.8. The van der Waals surface area contributed by atoms with Crippen LogP contribution in [-0.2, 0) is 0 Å². The molecule has 2 aromatic heterocycles. The van der Waals surface area contributed by atoms with Gasteiger partial charge in [0.1, 0.15) is 17.1 Å². The maximum Gasteiger partial charge on any atom is 0.287 e. The number of hydrogen-bond donors (Lipinski definition) is 1. The molecule has 0 saturated carbocycles. The number of furan rings is 1. The molecule has 1 atom stereocenters. The van der Waals surface area contributed by atoms with Crippen LogP contribution in [0.3, 0.4) is 0 Å². The van der Waals surface area contributed by atoms with Crippen LogP contribution in [0.25, 0.3) is 11.0 Å². The van der Waals surface area contributed by atoms with Crippen molar-refractivity contribution in [3.63, 3.8) is 0 Å². The van der Waals surface area contributed by atoms with Crippen molar-refractivity contribution in [2.24, 2.45) is 0 Å². The monoisotopic (exact) mass is 444 g/mol. The van der Waals surface area contributed by atoms with Crippen molar-refractivity contribution in [1.29, 1.82) is 0 Å². The van der Waals surface area contributed by atoms with Gasteiger partial charge < -0.3 is 14.2 Å². The van der Waals surface area contributed by atoms with Crippen LogP contribution in [-0.4, -0.2) is 30.4 Å². The third-order valence-corrected chi connectivity index (χ3v) is 5.94. The fourth-order valence-corrected chi connectivity index (χ4v) is 4.07. The number of fused-ring (bicyclic) bond motifs is 1. The van der Waals surface area contributed by atoms with E-state index in [2.05, 4.69) is 10.2 Å². The normalized spacial score (nSPS) is 15.5. The smallest absolute Gasteiger partial charge is 0.287 e. The van der Waals surface area contributed by atoms with Crippen molar-refractivity contribution in [3.8, 4) is 0 Å². The van der Waals surface area contributed by atoms with Gasteiger partial charge in [0.05, 0.1) is 11.4 Å². The molecule has 1 N–H and O–H groups in total. The number of carbonyl (C=O) groups excluding carboxylic acids is 1. The fourth-order valence-electron chi connectivity index (χ4n) is 4.07. The zero-order chi connectivity index (χ0) is 21.3. The summed E-state index contributed by atoms with van der Waals surface area (Å²) in [6.45, 7) is 8.17. The number of rotatable bonds is 5. The average molecular weight is 445 g/mol. The van der Waals surface area contributed by atoms with Gasteiger partial charge in [-0.05, 0) is 82.1 Å². The van der Waals surface area contributed by atoms with Crippen molar-refractivity contribution in [2.75, 3.05) is 19.6 Å². The second-order valence-electron chi connectivity index (χ2n) is 8.18. The lowest BCUT2D eigenvalue weighted by Crippen LogP contribution is -2.40. The lowest BCUT2D eigenvalue weighted by atomic mass is 10.1. The molecular formula is C24H29ClN2O4. The minimum Gasteiger partial charge on any atom is -0.465 e. The van der Waals surface area contributed by atoms with Crippen LogP contribution in [0.4, 0.5) is 0 Å². The molecule has 1 aliphatic heterocycles. The van der Waals surface area contributed by atoms with Gasteiger partial charge in [-0.2, -0.15) is 0 Å². The van der Waals surface area contributed by atoms with Gasteiger partial charge >= 0.3 is 0 Å². The van der Waals surface area contributed by atoms with Gasteiger partial charge in [0, 0.05) is 12.6 Å². The zero-order valence-corrected chi connectivity index (χ0v) is 19.0. The Morgan fingerprint density at radius 3 is 2.42 bits per heavy atom. The Hall–Kier alpha value is -2.57. The Morgan fingerprint density at radius 2 is 1.74 bits per heavy atom. The summed E-state index contributed by atoms with van der Waals surface area (Å²) in [4.78, 5) is 27.7. The second kappa shape index (κ2) is 9.71. The number of likely N-dealkylation sites (tertiary alicyclic amines) is 1. The van der Waals surface area contributed by atoms with Gasteiger partial charge in [-0.3, -0.25) is 14.5 Å². The standard InChI is InChI=1S/C24H28N2O4.ClH/c1-15-11-18-20(27)13-23(30-22(18)12-16(15)2)24(28)25-14-19(21-8-7-17(3)29-21)26-9-5-4-6-10-26;/h7-8,11-13,19H,4-6,9-10,14H2,1-3H3,(H,25,28);1H. The number of carbonyl (C=O) groups is 1. The molecule has 1 aliphatic rings. The van der Waals surface area contributed by atoms with E-state index in [9.17, 15) is 9.59 Å². The molecule has 3 aromatic rings. The topological polar surface area (TPSA) is 75.7 Å². The predicted octanol–water partition coefficient (Wildman–Crippen LogP) is 4.69. The first-order chi connectivity index (χ1) is 14.4. The minimum absolute atomic E-state index is 0. The molecule has 1 aromatic carbocycles. The van der Waals surface area contributed by atoms with Crippen LogP contribution in [0.5, 0.6) is 0 Å². The van der Waals surface area contributed by atoms with E-state index >= 15 is 0 Å². The number of nitrogens with one attached hydrogen (secondary N) is 1. The third-order valence-electron chi connectivity index (χ3n) is 5.94. The zero-order valence-electron chi connectivity index (χ0n) is 18.2. The molecular weight excluding hydrogens is 416 g/mol. The highest BCUT2D eigenvalue weighted by Crippen LogP contribution is 2.26. The Kier molecular flexibility index (Phi) is 7.23. The van der Waals surface area contributed by atoms with E-state index in [4.69, 9.17) is 8.83 Å². The molecule has 31 heavy (non-hydrogen) atoms. The summed E-state index contributed by atoms with van der Waals surface area (Å²) < 4.78 is 11.7. The SMILES string of the molecule is Cc1ccc(C(CNC(=O)c2cc(=O)c3cc(C)c(C)cc3o2)N2CCCCC2)o1.Cl. The average Bonchev–Trinajstić information content (AvgIpc) is 3.16. The van der Waals surface area contributed by atoms with Crippen LogP contribution in [0.15, 0.2) is 44.0 Å². The minimum atomic E-state index is -0.391. The molecule has 6 nitrogen and oxygen atoms in total. The number of nitrogens with zero attached hydrogens (tertiary/aromatic N) is 1. The summed E-state index contributed by atoms with van der Waals surface area (Å²) in [6.07, 6.45) is 3.51. The maximum absolute atomic E-state index is 12.8. The first kappa shape index (κ1) is 23.1. The van der Waals surface area contributed by atoms with Gasteiger partial charge in [-0.15, -0.1) is 12.4 Å². The summed E-state index contributed by atoms with van der Waals surface area (Å²) >= 11 is 0. The van der Waals surface area contributed by atoms with E-state index in [0.717, 1.165) is 48.6 Å². The van der Waals surface area contributed by atoms with Gasteiger partial charge in [0.25, 0.3) is 5.91 Å². The molecule has 0 aliphatic carbocycles. The predicted molar refractivity (Wildman–Crippen MR) is 123 cm³/mol. The molecule has 0 radical (unpaired) electrons. The van der Waals surface area contributed by atoms with Crippen molar-refractivity contribution in [2.45, 2.75) is 46.1 Å². The lowest BCUT2D eigenvalue weighted by Gasteiger charge is -2.33. The summed E-state index contributed by atoms with van der Waals surface area (Å²) in [5.74, 6) is 1.34. The molecule has 3 heterocycles. The molecule has 1 unspecified atom stereocenters. The highest BCUT2D eigenvalue weighted by molar-refractivity contribution is 5.93. The van der Waals surface area contributed by atoms with E-state index in [1.54, 1.807) is 0 Å². The van der Waals surface area contributed by atoms with Gasteiger partial charge in [-0.1, -0.05) is 6.42 Å². The van der Waals surface area contributed by atoms with Crippen LogP contribution >= 0.6 is 12.4 Å². The lowest BCUT2D eigenvalue weighted by molar-refractivity contribution is 0.0887. The fraction of sp³-hybridized carbons (Fsp3) is 0.417. The Morgan fingerprint density at radius 1 is 1.03 bits per heavy atom. The van der Waals surface area contributed by atoms with Crippen LogP contribution in [0.2, 0.25) is 0 Å². The Balaban J connectivity index is 0.00000272. The number of halogens is 1. The van der Waals surface area contributed by atoms with Crippen LogP contribution in [0.1, 0.15) is 58.5 Å². The molecule has 0 spiro atoms. The number of hydrogen-bond acceptors (Lipinski definition) is 5. The molecule has 7 heteroatoms. The second-order valence-corrected chi connectivity index (χ2v) is 8.18. The summed E-state index contributed by atoms with van der Waals surface area (Å²) in [7, 11) is 0. The molecule has 1 fully saturated rings. The third kappa shape index (κ3) is 5.02. The van der Waals surface area contributed by atoms with E-state index in [1.165, 1.54) is 12.5 Å². The van der Waals surface area contributed by atoms with E-state index in [0.29, 0.717) is 17.5 Å². The highest BCUT2D eigenvalue weighted by Gasteiger charge is 2.26. The van der Waals surface area contributed by atoms with Gasteiger partial charge in [-0.25, -0.2) is 0 Å². The van der Waals surface area contributed by atoms with Gasteiger partial charge in [0.2, 0.25) is 0 Å².